The molecule has 10 rings (SSSR count). The summed E-state index contributed by atoms with van der Waals surface area (Å²) in [6.45, 7) is -0.995. The number of halogens is 7. The Morgan fingerprint density at radius 1 is 1.03 bits per heavy atom. The summed E-state index contributed by atoms with van der Waals surface area (Å²) in [5, 5.41) is 10.8. The van der Waals surface area contributed by atoms with E-state index in [1.807, 2.05) is 6.07 Å². The van der Waals surface area contributed by atoms with Crippen LogP contribution in [-0.4, -0.2) is 59.7 Å². The van der Waals surface area contributed by atoms with Gasteiger partial charge in [-0.1, -0.05) is 17.7 Å². The van der Waals surface area contributed by atoms with Crippen molar-refractivity contribution in [2.24, 2.45) is 13.0 Å². The summed E-state index contributed by atoms with van der Waals surface area (Å²) < 4.78 is 120. The number of anilines is 1. The number of pyridine rings is 1. The van der Waals surface area contributed by atoms with Crippen molar-refractivity contribution in [2.45, 2.75) is 43.7 Å². The number of carbonyl (C=O) groups is 1. The normalized spacial score (nSPS) is 17.0. The van der Waals surface area contributed by atoms with Crippen LogP contribution in [0.2, 0.25) is 5.02 Å². The number of nitrogens with zero attached hydrogens (tertiary/aromatic N) is 8. The number of thiazole rings is 1. The molecule has 3 atom stereocenters. The van der Waals surface area contributed by atoms with Crippen molar-refractivity contribution in [1.82, 2.24) is 44.4 Å². The highest BCUT2D eigenvalue weighted by atomic mass is 35.5. The van der Waals surface area contributed by atoms with Gasteiger partial charge in [-0.3, -0.25) is 28.2 Å². The van der Waals surface area contributed by atoms with Gasteiger partial charge in [0, 0.05) is 36.6 Å². The quantitative estimate of drug-likeness (QED) is 0.123. The molecule has 2 aliphatic rings. The maximum atomic E-state index is 15.6. The lowest BCUT2D eigenvalue weighted by molar-refractivity contribution is -0.123. The highest BCUT2D eigenvalue weighted by Crippen LogP contribution is 2.68. The largest absolute Gasteiger partial charge is 0.344 e. The lowest BCUT2D eigenvalue weighted by Crippen LogP contribution is -2.38. The zero-order chi connectivity index (χ0) is 45.1. The van der Waals surface area contributed by atoms with Gasteiger partial charge in [-0.2, -0.15) is 19.0 Å². The zero-order valence-corrected chi connectivity index (χ0v) is 35.3. The number of carbonyl (C=O) groups excluding carboxylic acids is 1. The molecule has 0 saturated heterocycles. The number of hydrogen-bond donors (Lipinski definition) is 2. The fourth-order valence-electron chi connectivity index (χ4n) is 8.64. The average Bonchev–Trinajstić information content (AvgIpc) is 3.44. The van der Waals surface area contributed by atoms with Crippen LogP contribution in [0.1, 0.15) is 53.1 Å². The first kappa shape index (κ1) is 41.6. The minimum absolute atomic E-state index is 0.00146. The average molecular weight is 939 g/mol. The fraction of sp³-hybridized carbons (Fsp3) is 0.244. The highest BCUT2D eigenvalue weighted by Gasteiger charge is 2.67. The van der Waals surface area contributed by atoms with Crippen LogP contribution in [0.3, 0.4) is 0 Å². The van der Waals surface area contributed by atoms with Gasteiger partial charge in [-0.15, -0.1) is 11.3 Å². The molecular formula is C41H29ClF6N10O4S2. The molecule has 2 aliphatic carbocycles. The van der Waals surface area contributed by atoms with Crippen molar-refractivity contribution in [3.05, 3.63) is 122 Å². The zero-order valence-electron chi connectivity index (χ0n) is 33.0. The van der Waals surface area contributed by atoms with Gasteiger partial charge in [0.25, 0.3) is 17.9 Å². The molecule has 5 aromatic heterocycles. The Kier molecular flexibility index (Phi) is 9.65. The Hall–Kier alpha value is -6.39. The highest BCUT2D eigenvalue weighted by molar-refractivity contribution is 7.92. The summed E-state index contributed by atoms with van der Waals surface area (Å²) in [6.07, 6.45) is -2.81. The van der Waals surface area contributed by atoms with Crippen molar-refractivity contribution < 1.29 is 39.6 Å². The van der Waals surface area contributed by atoms with Crippen LogP contribution in [-0.2, 0) is 40.8 Å². The number of benzene rings is 3. The summed E-state index contributed by atoms with van der Waals surface area (Å²) in [5.74, 6) is -9.14. The minimum atomic E-state index is -3.92. The Morgan fingerprint density at radius 2 is 1.80 bits per heavy atom. The van der Waals surface area contributed by atoms with Crippen LogP contribution < -0.4 is 15.6 Å². The molecule has 3 aromatic carbocycles. The number of nitrogens with one attached hydrogen (secondary N) is 2. The van der Waals surface area contributed by atoms with E-state index in [1.165, 1.54) is 41.3 Å². The summed E-state index contributed by atoms with van der Waals surface area (Å²) in [5.41, 5.74) is 0.515. The van der Waals surface area contributed by atoms with E-state index in [2.05, 4.69) is 25.2 Å². The number of amides is 1. The monoisotopic (exact) mass is 938 g/mol. The Balaban J connectivity index is 1.18. The lowest BCUT2D eigenvalue weighted by atomic mass is 10.0. The van der Waals surface area contributed by atoms with Gasteiger partial charge in [0.05, 0.1) is 60.7 Å². The maximum Gasteiger partial charge on any atom is 0.293 e. The summed E-state index contributed by atoms with van der Waals surface area (Å²) in [6, 6.07) is 12.3. The van der Waals surface area contributed by atoms with Crippen molar-refractivity contribution in [1.29, 1.82) is 0 Å². The molecule has 1 saturated carbocycles. The third kappa shape index (κ3) is 7.03. The predicted molar refractivity (Wildman–Crippen MR) is 224 cm³/mol. The smallest absolute Gasteiger partial charge is 0.293 e. The number of aromatic nitrogens is 8. The van der Waals surface area contributed by atoms with E-state index in [9.17, 15) is 30.8 Å². The summed E-state index contributed by atoms with van der Waals surface area (Å²) >= 11 is 8.07. The standard InChI is InChI=1S/C41H29ClF6N10O4S2/c1-56-34-28(7-5-24(42)32(34)38(54-56)55-64(2,61)62)58-39(52-37-21(40(58)60)4-6-25(51-37)18-3-8-29-26(12-18)49-16-63-29)27(11-17-9-19(43)13-20(44)10-17)50-30(59)15-57-35-31(33(53-57)36(45)46)22-14-23(22)41(35,47)48/h3-10,12-13,16,22-23,27,36H,11,14-15H2,1-2H3,(H,50,59)(H,54,55)/t22-,23+,27-/m0/s1. The van der Waals surface area contributed by atoms with Crippen LogP contribution in [0.15, 0.2) is 71.0 Å². The maximum absolute atomic E-state index is 15.6. The van der Waals surface area contributed by atoms with Gasteiger partial charge in [0.15, 0.2) is 11.5 Å². The summed E-state index contributed by atoms with van der Waals surface area (Å²) in [7, 11) is -2.47. The first-order valence-electron chi connectivity index (χ1n) is 19.3. The topological polar surface area (TPSA) is 172 Å². The number of alkyl halides is 4. The Labute approximate surface area is 365 Å². The second-order valence-corrected chi connectivity index (χ2v) is 18.7. The van der Waals surface area contributed by atoms with E-state index in [0.29, 0.717) is 27.5 Å². The van der Waals surface area contributed by atoms with Crippen LogP contribution in [0.25, 0.3) is 49.1 Å². The van der Waals surface area contributed by atoms with Gasteiger partial charge in [-0.05, 0) is 66.4 Å². The third-order valence-corrected chi connectivity index (χ3v) is 13.0. The van der Waals surface area contributed by atoms with Crippen LogP contribution in [0, 0.1) is 17.6 Å². The van der Waals surface area contributed by atoms with Crippen molar-refractivity contribution in [2.75, 3.05) is 11.0 Å². The second kappa shape index (κ2) is 14.8. The van der Waals surface area contributed by atoms with E-state index in [4.69, 9.17) is 21.6 Å². The van der Waals surface area contributed by atoms with Crippen LogP contribution in [0.4, 0.5) is 32.2 Å². The molecule has 0 radical (unpaired) electrons. The summed E-state index contributed by atoms with van der Waals surface area (Å²) in [4.78, 5) is 43.1. The van der Waals surface area contributed by atoms with Gasteiger partial charge < -0.3 is 5.32 Å². The molecular weight excluding hydrogens is 910 g/mol. The number of rotatable bonds is 11. The SMILES string of the molecule is Cn1nc(NS(C)(=O)=O)c2c(Cl)ccc(-n3c([C@H](Cc4cc(F)cc(F)c4)NC(=O)Cn4nc(C(F)F)c5c4C(F)(F)[C@@H]4C[C@H]54)nc4nc(-c5ccc6scnc6c5)ccc4c3=O)c21. The fourth-order valence-corrected chi connectivity index (χ4v) is 10.0. The molecule has 1 fully saturated rings. The Morgan fingerprint density at radius 3 is 2.53 bits per heavy atom. The first-order chi connectivity index (χ1) is 30.4. The molecule has 0 aliphatic heterocycles. The van der Waals surface area contributed by atoms with E-state index < -0.39 is 87.7 Å². The van der Waals surface area contributed by atoms with Crippen LogP contribution in [0.5, 0.6) is 0 Å². The van der Waals surface area contributed by atoms with Crippen LogP contribution >= 0.6 is 22.9 Å². The minimum Gasteiger partial charge on any atom is -0.344 e. The van der Waals surface area contributed by atoms with E-state index in [-0.39, 0.29) is 61.8 Å². The molecule has 23 heteroatoms. The number of aryl methyl sites for hydroxylation is 1. The number of sulfonamides is 1. The molecule has 0 spiro atoms. The van der Waals surface area contributed by atoms with Gasteiger partial charge >= 0.3 is 0 Å². The number of hydrogen-bond acceptors (Lipinski definition) is 10. The molecule has 0 bridgehead atoms. The van der Waals surface area contributed by atoms with E-state index >= 15 is 13.6 Å². The first-order valence-corrected chi connectivity index (χ1v) is 22.4. The van der Waals surface area contributed by atoms with Gasteiger partial charge in [-0.25, -0.2) is 40.9 Å². The molecule has 8 aromatic rings. The number of fused-ring (bicyclic) bond motifs is 6. The Bertz CT molecular complexity index is 3450. The molecule has 1 amide bonds. The van der Waals surface area contributed by atoms with E-state index in [0.717, 1.165) is 27.7 Å². The van der Waals surface area contributed by atoms with Gasteiger partial charge in [0.1, 0.15) is 35.4 Å². The predicted octanol–water partition coefficient (Wildman–Crippen LogP) is 7.69. The lowest BCUT2D eigenvalue weighted by Gasteiger charge is -2.24. The van der Waals surface area contributed by atoms with Crippen molar-refractivity contribution in [3.63, 3.8) is 0 Å². The molecule has 5 heterocycles. The van der Waals surface area contributed by atoms with Crippen molar-refractivity contribution in [3.8, 4) is 16.9 Å². The van der Waals surface area contributed by atoms with E-state index in [1.54, 1.807) is 23.7 Å². The second-order valence-electron chi connectivity index (χ2n) is 15.6. The van der Waals surface area contributed by atoms with Gasteiger partial charge in [0.2, 0.25) is 15.9 Å². The molecule has 328 valence electrons. The third-order valence-electron chi connectivity index (χ3n) is 11.3. The molecule has 14 nitrogen and oxygen atoms in total. The van der Waals surface area contributed by atoms with Crippen molar-refractivity contribution >= 4 is 76.8 Å². The molecule has 64 heavy (non-hydrogen) atoms. The molecule has 2 N–H and O–H groups in total. The molecule has 0 unspecified atom stereocenters.